The van der Waals surface area contributed by atoms with Crippen molar-refractivity contribution < 1.29 is 0 Å². The standard InChI is InChI=1S/C14H9N3/c1-2-5-11-10(4-1)13-12(6-3-7-15-13)17-9-8-16-14(11)17/h1-9H. The lowest BCUT2D eigenvalue weighted by Crippen LogP contribution is -1.91. The molecule has 4 aromatic rings. The van der Waals surface area contributed by atoms with E-state index in [0.29, 0.717) is 0 Å². The van der Waals surface area contributed by atoms with Crippen LogP contribution in [0.25, 0.3) is 27.5 Å². The van der Waals surface area contributed by atoms with Crippen LogP contribution in [0.4, 0.5) is 0 Å². The van der Waals surface area contributed by atoms with Gasteiger partial charge >= 0.3 is 0 Å². The van der Waals surface area contributed by atoms with E-state index >= 15 is 0 Å². The van der Waals surface area contributed by atoms with Crippen LogP contribution in [0, 0.1) is 0 Å². The molecule has 17 heavy (non-hydrogen) atoms. The smallest absolute Gasteiger partial charge is 0.145 e. The maximum atomic E-state index is 4.49. The van der Waals surface area contributed by atoms with E-state index in [2.05, 4.69) is 32.6 Å². The van der Waals surface area contributed by atoms with Crippen molar-refractivity contribution in [3.05, 3.63) is 55.0 Å². The van der Waals surface area contributed by atoms with E-state index in [0.717, 1.165) is 27.5 Å². The summed E-state index contributed by atoms with van der Waals surface area (Å²) in [5.41, 5.74) is 3.11. The normalized spacial score (nSPS) is 11.5. The summed E-state index contributed by atoms with van der Waals surface area (Å²) in [5.74, 6) is 0. The summed E-state index contributed by atoms with van der Waals surface area (Å²) in [6.07, 6.45) is 5.64. The van der Waals surface area contributed by atoms with E-state index in [1.54, 1.807) is 0 Å². The fourth-order valence-electron chi connectivity index (χ4n) is 2.38. The van der Waals surface area contributed by atoms with Crippen molar-refractivity contribution in [3.8, 4) is 0 Å². The SMILES string of the molecule is c1ccc2c(c1)c1ncccc1n1ccnc21. The van der Waals surface area contributed by atoms with Gasteiger partial charge in [0.05, 0.1) is 11.0 Å². The molecule has 3 nitrogen and oxygen atoms in total. The second-order valence-electron chi connectivity index (χ2n) is 4.04. The van der Waals surface area contributed by atoms with E-state index in [1.807, 2.05) is 36.8 Å². The van der Waals surface area contributed by atoms with Gasteiger partial charge in [-0.05, 0) is 12.1 Å². The molecule has 4 rings (SSSR count). The molecule has 0 unspecified atom stereocenters. The molecule has 0 bridgehead atoms. The van der Waals surface area contributed by atoms with Crippen molar-refractivity contribution in [1.82, 2.24) is 14.4 Å². The third kappa shape index (κ3) is 1.05. The van der Waals surface area contributed by atoms with E-state index in [1.165, 1.54) is 0 Å². The highest BCUT2D eigenvalue weighted by Gasteiger charge is 2.08. The maximum Gasteiger partial charge on any atom is 0.145 e. The van der Waals surface area contributed by atoms with Crippen LogP contribution in [0.3, 0.4) is 0 Å². The van der Waals surface area contributed by atoms with Gasteiger partial charge in [0, 0.05) is 29.4 Å². The number of rotatable bonds is 0. The fourth-order valence-corrected chi connectivity index (χ4v) is 2.38. The molecule has 0 amide bonds. The predicted octanol–water partition coefficient (Wildman–Crippen LogP) is 3.04. The first-order valence-electron chi connectivity index (χ1n) is 5.54. The summed E-state index contributed by atoms with van der Waals surface area (Å²) < 4.78 is 2.09. The second-order valence-corrected chi connectivity index (χ2v) is 4.04. The number of imidazole rings is 1. The molecular weight excluding hydrogens is 210 g/mol. The van der Waals surface area contributed by atoms with Crippen LogP contribution in [0.2, 0.25) is 0 Å². The van der Waals surface area contributed by atoms with Gasteiger partial charge in [0.15, 0.2) is 0 Å². The molecular formula is C14H9N3. The molecule has 0 aliphatic carbocycles. The van der Waals surface area contributed by atoms with Gasteiger partial charge in [-0.15, -0.1) is 0 Å². The molecule has 1 aromatic carbocycles. The van der Waals surface area contributed by atoms with Gasteiger partial charge < -0.3 is 0 Å². The second kappa shape index (κ2) is 3.04. The third-order valence-corrected chi connectivity index (χ3v) is 3.11. The molecule has 3 heteroatoms. The van der Waals surface area contributed by atoms with Crippen LogP contribution in [-0.2, 0) is 0 Å². The lowest BCUT2D eigenvalue weighted by Gasteiger charge is -2.06. The number of nitrogens with zero attached hydrogens (tertiary/aromatic N) is 3. The Hall–Kier alpha value is -2.42. The Morgan fingerprint density at radius 3 is 2.65 bits per heavy atom. The maximum absolute atomic E-state index is 4.49. The summed E-state index contributed by atoms with van der Waals surface area (Å²) >= 11 is 0. The summed E-state index contributed by atoms with van der Waals surface area (Å²) in [7, 11) is 0. The molecule has 0 spiro atoms. The quantitative estimate of drug-likeness (QED) is 0.425. The number of benzene rings is 1. The topological polar surface area (TPSA) is 30.2 Å². The van der Waals surface area contributed by atoms with Crippen molar-refractivity contribution in [3.63, 3.8) is 0 Å². The minimum atomic E-state index is 0.987. The first-order chi connectivity index (χ1) is 8.45. The third-order valence-electron chi connectivity index (χ3n) is 3.11. The van der Waals surface area contributed by atoms with Crippen molar-refractivity contribution in [2.45, 2.75) is 0 Å². The molecule has 0 N–H and O–H groups in total. The van der Waals surface area contributed by atoms with Gasteiger partial charge in [0.1, 0.15) is 5.65 Å². The minimum Gasteiger partial charge on any atom is -0.298 e. The number of fused-ring (bicyclic) bond motifs is 6. The highest BCUT2D eigenvalue weighted by atomic mass is 15.0. The molecule has 0 aliphatic rings. The number of aromatic nitrogens is 3. The van der Waals surface area contributed by atoms with Crippen LogP contribution in [-0.4, -0.2) is 14.4 Å². The summed E-state index contributed by atoms with van der Waals surface area (Å²) in [5, 5.41) is 2.30. The lowest BCUT2D eigenvalue weighted by atomic mass is 10.1. The van der Waals surface area contributed by atoms with Crippen molar-refractivity contribution >= 4 is 27.5 Å². The summed E-state index contributed by atoms with van der Waals surface area (Å²) in [4.78, 5) is 8.92. The van der Waals surface area contributed by atoms with Crippen LogP contribution >= 0.6 is 0 Å². The van der Waals surface area contributed by atoms with E-state index in [-0.39, 0.29) is 0 Å². The highest BCUT2D eigenvalue weighted by molar-refractivity contribution is 6.09. The summed E-state index contributed by atoms with van der Waals surface area (Å²) in [6.45, 7) is 0. The number of hydrogen-bond acceptors (Lipinski definition) is 2. The van der Waals surface area contributed by atoms with Crippen molar-refractivity contribution in [1.29, 1.82) is 0 Å². The van der Waals surface area contributed by atoms with Gasteiger partial charge in [0.2, 0.25) is 0 Å². The predicted molar refractivity (Wildman–Crippen MR) is 68.0 cm³/mol. The molecule has 0 saturated carbocycles. The Kier molecular flexibility index (Phi) is 1.56. The van der Waals surface area contributed by atoms with Gasteiger partial charge in [-0.25, -0.2) is 4.98 Å². The van der Waals surface area contributed by atoms with Gasteiger partial charge in [-0.1, -0.05) is 24.3 Å². The Balaban J connectivity index is 2.48. The van der Waals surface area contributed by atoms with E-state index < -0.39 is 0 Å². The Morgan fingerprint density at radius 1 is 0.824 bits per heavy atom. The summed E-state index contributed by atoms with van der Waals surface area (Å²) in [6, 6.07) is 12.3. The first kappa shape index (κ1) is 8.70. The fraction of sp³-hybridized carbons (Fsp3) is 0. The van der Waals surface area contributed by atoms with E-state index in [9.17, 15) is 0 Å². The molecule has 0 radical (unpaired) electrons. The largest absolute Gasteiger partial charge is 0.298 e. The molecule has 3 aromatic heterocycles. The van der Waals surface area contributed by atoms with Gasteiger partial charge in [-0.3, -0.25) is 9.38 Å². The van der Waals surface area contributed by atoms with Crippen molar-refractivity contribution in [2.24, 2.45) is 0 Å². The van der Waals surface area contributed by atoms with Crippen LogP contribution in [0.15, 0.2) is 55.0 Å². The molecule has 0 atom stereocenters. The van der Waals surface area contributed by atoms with Gasteiger partial charge in [-0.2, -0.15) is 0 Å². The van der Waals surface area contributed by atoms with Crippen LogP contribution < -0.4 is 0 Å². The van der Waals surface area contributed by atoms with Crippen LogP contribution in [0.5, 0.6) is 0 Å². The molecule has 80 valence electrons. The number of hydrogen-bond donors (Lipinski definition) is 0. The Labute approximate surface area is 97.4 Å². The zero-order valence-electron chi connectivity index (χ0n) is 9.04. The first-order valence-corrected chi connectivity index (χ1v) is 5.54. The molecule has 3 heterocycles. The minimum absolute atomic E-state index is 0.987. The monoisotopic (exact) mass is 219 g/mol. The van der Waals surface area contributed by atoms with Crippen molar-refractivity contribution in [2.75, 3.05) is 0 Å². The van der Waals surface area contributed by atoms with Crippen LogP contribution in [0.1, 0.15) is 0 Å². The zero-order valence-corrected chi connectivity index (χ0v) is 9.04. The molecule has 0 saturated heterocycles. The Morgan fingerprint density at radius 2 is 1.71 bits per heavy atom. The molecule has 0 fully saturated rings. The molecule has 0 aliphatic heterocycles. The van der Waals surface area contributed by atoms with E-state index in [4.69, 9.17) is 0 Å². The highest BCUT2D eigenvalue weighted by Crippen LogP contribution is 2.26. The average Bonchev–Trinajstić information content (AvgIpc) is 2.89. The average molecular weight is 219 g/mol. The zero-order chi connectivity index (χ0) is 11.2. The number of pyridine rings is 2. The lowest BCUT2D eigenvalue weighted by molar-refractivity contribution is 1.25. The Bertz CT molecular complexity index is 776. The van der Waals surface area contributed by atoms with Gasteiger partial charge in [0.25, 0.3) is 0 Å².